The van der Waals surface area contributed by atoms with E-state index in [1.165, 1.54) is 0 Å². The van der Waals surface area contributed by atoms with Gasteiger partial charge in [-0.05, 0) is 24.6 Å². The summed E-state index contributed by atoms with van der Waals surface area (Å²) >= 11 is 0. The van der Waals surface area contributed by atoms with E-state index >= 15 is 0 Å². The maximum atomic E-state index is 10.4. The van der Waals surface area contributed by atoms with Crippen molar-refractivity contribution < 1.29 is 9.84 Å². The molecule has 0 amide bonds. The van der Waals surface area contributed by atoms with E-state index in [9.17, 15) is 5.11 Å². The number of methoxy groups -OCH3 is 1. The van der Waals surface area contributed by atoms with E-state index in [0.717, 1.165) is 0 Å². The third kappa shape index (κ3) is 2.44. The zero-order chi connectivity index (χ0) is 13.8. The molecule has 0 spiro atoms. The van der Waals surface area contributed by atoms with Crippen molar-refractivity contribution in [3.63, 3.8) is 0 Å². The summed E-state index contributed by atoms with van der Waals surface area (Å²) < 4.78 is 6.92. The lowest BCUT2D eigenvalue weighted by atomic mass is 10.0. The van der Waals surface area contributed by atoms with Gasteiger partial charge in [-0.15, -0.1) is 0 Å². The Morgan fingerprint density at radius 2 is 2.11 bits per heavy atom. The van der Waals surface area contributed by atoms with Gasteiger partial charge in [0, 0.05) is 6.54 Å². The van der Waals surface area contributed by atoms with Crippen molar-refractivity contribution in [2.75, 3.05) is 7.11 Å². The third-order valence-electron chi connectivity index (χ3n) is 2.98. The van der Waals surface area contributed by atoms with Crippen LogP contribution in [-0.2, 0) is 6.54 Å². The number of aliphatic hydroxyl groups is 1. The zero-order valence-corrected chi connectivity index (χ0v) is 10.9. The molecule has 0 aliphatic rings. The van der Waals surface area contributed by atoms with Gasteiger partial charge < -0.3 is 9.84 Å². The molecule has 0 saturated heterocycles. The quantitative estimate of drug-likeness (QED) is 0.907. The molecule has 1 unspecified atom stereocenters. The van der Waals surface area contributed by atoms with Gasteiger partial charge in [0.2, 0.25) is 0 Å². The average molecular weight is 257 g/mol. The largest absolute Gasteiger partial charge is 0.493 e. The second-order valence-electron chi connectivity index (χ2n) is 4.05. The number of aromatic nitrogens is 2. The highest BCUT2D eigenvalue weighted by atomic mass is 16.5. The van der Waals surface area contributed by atoms with Gasteiger partial charge in [-0.1, -0.05) is 12.1 Å². The first-order valence-electron chi connectivity index (χ1n) is 5.99. The Hall–Kier alpha value is -2.32. The second-order valence-corrected chi connectivity index (χ2v) is 4.05. The Labute approximate surface area is 111 Å². The smallest absolute Gasteiger partial charge is 0.163 e. The molecule has 5 nitrogen and oxygen atoms in total. The summed E-state index contributed by atoms with van der Waals surface area (Å²) in [7, 11) is 1.55. The van der Waals surface area contributed by atoms with Crippen molar-refractivity contribution in [3.8, 4) is 11.8 Å². The first-order chi connectivity index (χ1) is 9.21. The number of nitrogens with zero attached hydrogens (tertiary/aromatic N) is 3. The normalized spacial score (nSPS) is 11.9. The predicted octanol–water partition coefficient (Wildman–Crippen LogP) is 1.86. The third-order valence-corrected chi connectivity index (χ3v) is 2.98. The number of nitriles is 1. The number of hydrogen-bond donors (Lipinski definition) is 1. The Morgan fingerprint density at radius 1 is 1.42 bits per heavy atom. The fourth-order valence-electron chi connectivity index (χ4n) is 1.96. The molecule has 19 heavy (non-hydrogen) atoms. The Kier molecular flexibility index (Phi) is 3.83. The summed E-state index contributed by atoms with van der Waals surface area (Å²) in [5.41, 5.74) is 1.88. The van der Waals surface area contributed by atoms with Crippen LogP contribution < -0.4 is 4.74 Å². The minimum atomic E-state index is -0.829. The molecule has 1 aromatic heterocycles. The van der Waals surface area contributed by atoms with Gasteiger partial charge in [0.1, 0.15) is 11.8 Å². The molecule has 1 heterocycles. The van der Waals surface area contributed by atoms with Crippen LogP contribution in [0.25, 0.3) is 0 Å². The summed E-state index contributed by atoms with van der Waals surface area (Å²) in [4.78, 5) is 0. The van der Waals surface area contributed by atoms with Crippen LogP contribution in [0.1, 0.15) is 29.8 Å². The molecular formula is C14H15N3O2. The predicted molar refractivity (Wildman–Crippen MR) is 69.7 cm³/mol. The van der Waals surface area contributed by atoms with Crippen LogP contribution in [0, 0.1) is 11.3 Å². The van der Waals surface area contributed by atoms with Crippen molar-refractivity contribution >= 4 is 0 Å². The summed E-state index contributed by atoms with van der Waals surface area (Å²) in [5.74, 6) is 0.554. The summed E-state index contributed by atoms with van der Waals surface area (Å²) in [5, 5.41) is 23.4. The maximum Gasteiger partial charge on any atom is 0.163 e. The molecule has 0 fully saturated rings. The second kappa shape index (κ2) is 5.55. The summed E-state index contributed by atoms with van der Waals surface area (Å²) in [6, 6.07) is 8.87. The van der Waals surface area contributed by atoms with Gasteiger partial charge in [-0.25, -0.2) is 0 Å². The van der Waals surface area contributed by atoms with Crippen LogP contribution in [0.3, 0.4) is 0 Å². The summed E-state index contributed by atoms with van der Waals surface area (Å²) in [6.45, 7) is 2.59. The van der Waals surface area contributed by atoms with E-state index in [0.29, 0.717) is 29.1 Å². The van der Waals surface area contributed by atoms with Gasteiger partial charge in [-0.2, -0.15) is 10.4 Å². The van der Waals surface area contributed by atoms with Crippen LogP contribution in [0.5, 0.6) is 5.75 Å². The van der Waals surface area contributed by atoms with Crippen LogP contribution >= 0.6 is 0 Å². The topological polar surface area (TPSA) is 71.1 Å². The monoisotopic (exact) mass is 257 g/mol. The zero-order valence-electron chi connectivity index (χ0n) is 10.9. The molecule has 0 aliphatic heterocycles. The van der Waals surface area contributed by atoms with Gasteiger partial charge in [0.15, 0.2) is 5.75 Å². The Bertz CT molecular complexity index is 575. The number of aliphatic hydroxyl groups excluding tert-OH is 1. The standard InChI is InChI=1S/C14H15N3O2/c1-3-17-13(12(19-2)9-16-17)14(18)11-6-4-10(8-15)5-7-11/h4-7,9,14,18H,3H2,1-2H3. The molecule has 0 aliphatic carbocycles. The van der Waals surface area contributed by atoms with Crippen LogP contribution in [0.15, 0.2) is 30.5 Å². The lowest BCUT2D eigenvalue weighted by Gasteiger charge is -2.14. The van der Waals surface area contributed by atoms with E-state index in [2.05, 4.69) is 5.10 Å². The molecule has 1 N–H and O–H groups in total. The fraction of sp³-hybridized carbons (Fsp3) is 0.286. The van der Waals surface area contributed by atoms with Crippen molar-refractivity contribution in [2.24, 2.45) is 0 Å². The Morgan fingerprint density at radius 3 is 2.63 bits per heavy atom. The molecule has 0 radical (unpaired) electrons. The Balaban J connectivity index is 2.40. The fourth-order valence-corrected chi connectivity index (χ4v) is 1.96. The van der Waals surface area contributed by atoms with E-state index in [-0.39, 0.29) is 0 Å². The molecule has 2 aromatic rings. The highest BCUT2D eigenvalue weighted by molar-refractivity contribution is 5.38. The molecule has 0 saturated carbocycles. The van der Waals surface area contributed by atoms with E-state index < -0.39 is 6.10 Å². The van der Waals surface area contributed by atoms with Gasteiger partial charge in [0.05, 0.1) is 24.9 Å². The van der Waals surface area contributed by atoms with Gasteiger partial charge in [-0.3, -0.25) is 4.68 Å². The highest BCUT2D eigenvalue weighted by Gasteiger charge is 2.20. The van der Waals surface area contributed by atoms with Gasteiger partial charge >= 0.3 is 0 Å². The summed E-state index contributed by atoms with van der Waals surface area (Å²) in [6.07, 6.45) is 0.760. The number of hydrogen-bond acceptors (Lipinski definition) is 4. The van der Waals surface area contributed by atoms with E-state index in [1.807, 2.05) is 13.0 Å². The number of rotatable bonds is 4. The molecule has 0 bridgehead atoms. The first-order valence-corrected chi connectivity index (χ1v) is 5.99. The number of aryl methyl sites for hydroxylation is 1. The molecule has 1 atom stereocenters. The van der Waals surface area contributed by atoms with Crippen LogP contribution in [0.2, 0.25) is 0 Å². The SMILES string of the molecule is CCn1ncc(OC)c1C(O)c1ccc(C#N)cc1. The lowest BCUT2D eigenvalue weighted by Crippen LogP contribution is -2.10. The molecule has 1 aromatic carbocycles. The molecule has 5 heteroatoms. The van der Waals surface area contributed by atoms with Crippen LogP contribution in [0.4, 0.5) is 0 Å². The number of ether oxygens (including phenoxy) is 1. The van der Waals surface area contributed by atoms with Crippen LogP contribution in [-0.4, -0.2) is 22.0 Å². The van der Waals surface area contributed by atoms with Crippen molar-refractivity contribution in [2.45, 2.75) is 19.6 Å². The average Bonchev–Trinajstić information content (AvgIpc) is 2.89. The van der Waals surface area contributed by atoms with Crippen molar-refractivity contribution in [1.29, 1.82) is 5.26 Å². The first kappa shape index (κ1) is 13.1. The molecule has 98 valence electrons. The molecular weight excluding hydrogens is 242 g/mol. The van der Waals surface area contributed by atoms with E-state index in [1.54, 1.807) is 42.3 Å². The van der Waals surface area contributed by atoms with Gasteiger partial charge in [0.25, 0.3) is 0 Å². The molecule has 2 rings (SSSR count). The maximum absolute atomic E-state index is 10.4. The number of benzene rings is 1. The lowest BCUT2D eigenvalue weighted by molar-refractivity contribution is 0.202. The highest BCUT2D eigenvalue weighted by Crippen LogP contribution is 2.29. The van der Waals surface area contributed by atoms with Crippen molar-refractivity contribution in [3.05, 3.63) is 47.3 Å². The van der Waals surface area contributed by atoms with E-state index in [4.69, 9.17) is 10.00 Å². The minimum absolute atomic E-state index is 0.554. The minimum Gasteiger partial charge on any atom is -0.493 e. The van der Waals surface area contributed by atoms with Crippen molar-refractivity contribution in [1.82, 2.24) is 9.78 Å².